The average molecular weight is 677 g/mol. The van der Waals surface area contributed by atoms with Crippen LogP contribution in [0, 0.1) is 13.8 Å². The van der Waals surface area contributed by atoms with Crippen LogP contribution in [0.5, 0.6) is 0 Å². The summed E-state index contributed by atoms with van der Waals surface area (Å²) in [5.74, 6) is 1.28. The first-order valence-corrected chi connectivity index (χ1v) is 20.4. The number of hydrogen-bond acceptors (Lipinski definition) is 4. The zero-order chi connectivity index (χ0) is 34.7. The molecule has 9 rings (SSSR count). The molecule has 0 unspecified atom stereocenters. The number of allylic oxidation sites excluding steroid dienone is 2. The molecule has 246 valence electrons. The van der Waals surface area contributed by atoms with Gasteiger partial charge in [-0.3, -0.25) is 0 Å². The molecule has 0 saturated carbocycles. The van der Waals surface area contributed by atoms with E-state index in [1.54, 1.807) is 0 Å². The lowest BCUT2D eigenvalue weighted by Crippen LogP contribution is -2.28. The number of aryl methyl sites for hydroxylation is 2. The Kier molecular flexibility index (Phi) is 7.33. The smallest absolute Gasteiger partial charge is 0.227 e. The number of hydrogen-bond donors (Lipinski definition) is 0. The molecule has 0 bridgehead atoms. The van der Waals surface area contributed by atoms with Crippen molar-refractivity contribution < 1.29 is 8.83 Å². The summed E-state index contributed by atoms with van der Waals surface area (Å²) in [4.78, 5) is 9.64. The summed E-state index contributed by atoms with van der Waals surface area (Å²) >= 11 is 0. The van der Waals surface area contributed by atoms with Gasteiger partial charge in [-0.1, -0.05) is 110 Å². The van der Waals surface area contributed by atoms with Gasteiger partial charge in [0.05, 0.1) is 0 Å². The molecule has 8 aromatic rings. The fraction of sp³-hybridized carbons (Fsp3) is 0.0870. The molecule has 0 fully saturated rings. The molecule has 0 atom stereocenters. The topological polar surface area (TPSA) is 52.1 Å². The summed E-state index contributed by atoms with van der Waals surface area (Å²) in [7, 11) is -2.35. The molecule has 0 spiro atoms. The molecular formula is C46H36N2O2Si. The average Bonchev–Trinajstić information content (AvgIpc) is 3.84. The minimum atomic E-state index is -2.35. The van der Waals surface area contributed by atoms with Gasteiger partial charge in [0.1, 0.15) is 19.1 Å². The number of rotatable bonds is 6. The molecule has 0 amide bonds. The van der Waals surface area contributed by atoms with Gasteiger partial charge in [0, 0.05) is 11.1 Å². The minimum Gasteiger partial charge on any atom is -0.436 e. The SMILES string of the molecule is Cc1ccc2oc(-c3ccc(C4=C(c5ccccc5)C(c5ccccc5)=C(c5ccc(-c6nc7cc(C)ccc7o6)cc5)[Si]4(C)C)cc3)nc2c1. The molecule has 4 nitrogen and oxygen atoms in total. The van der Waals surface area contributed by atoms with Crippen molar-refractivity contribution in [2.45, 2.75) is 26.9 Å². The van der Waals surface area contributed by atoms with Crippen molar-refractivity contribution in [1.82, 2.24) is 9.97 Å². The maximum Gasteiger partial charge on any atom is 0.227 e. The van der Waals surface area contributed by atoms with Gasteiger partial charge in [-0.2, -0.15) is 0 Å². The van der Waals surface area contributed by atoms with E-state index in [2.05, 4.69) is 160 Å². The zero-order valence-corrected chi connectivity index (χ0v) is 30.1. The predicted molar refractivity (Wildman–Crippen MR) is 212 cm³/mol. The maximum absolute atomic E-state index is 6.19. The number of nitrogens with zero attached hydrogens (tertiary/aromatic N) is 2. The van der Waals surface area contributed by atoms with E-state index in [1.807, 2.05) is 12.1 Å². The molecule has 0 radical (unpaired) electrons. The molecule has 1 aliphatic heterocycles. The van der Waals surface area contributed by atoms with E-state index in [-0.39, 0.29) is 0 Å². The Labute approximate surface area is 298 Å². The van der Waals surface area contributed by atoms with Crippen molar-refractivity contribution >= 4 is 51.8 Å². The molecule has 1 aliphatic rings. The summed E-state index contributed by atoms with van der Waals surface area (Å²) in [6.45, 7) is 9.13. The highest BCUT2D eigenvalue weighted by atomic mass is 28.3. The lowest BCUT2D eigenvalue weighted by molar-refractivity contribution is 0.619. The molecule has 0 N–H and O–H groups in total. The Morgan fingerprint density at radius 3 is 1.18 bits per heavy atom. The fourth-order valence-corrected chi connectivity index (χ4v) is 11.5. The lowest BCUT2D eigenvalue weighted by atomic mass is 9.89. The van der Waals surface area contributed by atoms with E-state index >= 15 is 0 Å². The van der Waals surface area contributed by atoms with Gasteiger partial charge in [-0.05, 0) is 117 Å². The standard InChI is InChI=1S/C46H36N2O2Si/c1-29-15-25-39-37(27-29)47-45(49-39)35-21-17-33(18-22-35)43-41(31-11-7-5-8-12-31)42(32-13-9-6-10-14-32)44(51(43,3)4)34-19-23-36(24-20-34)46-48-38-28-30(2)16-26-40(38)50-46/h5-28H,1-4H3. The second-order valence-corrected chi connectivity index (χ2v) is 18.2. The maximum atomic E-state index is 6.19. The third kappa shape index (κ3) is 5.38. The third-order valence-electron chi connectivity index (χ3n) is 10.1. The van der Waals surface area contributed by atoms with Gasteiger partial charge in [-0.25, -0.2) is 9.97 Å². The summed E-state index contributed by atoms with van der Waals surface area (Å²) in [6.07, 6.45) is 0. The van der Waals surface area contributed by atoms with Crippen molar-refractivity contribution in [2.75, 3.05) is 0 Å². The number of oxazole rings is 2. The van der Waals surface area contributed by atoms with Crippen LogP contribution in [-0.2, 0) is 0 Å². The van der Waals surface area contributed by atoms with Crippen molar-refractivity contribution in [1.29, 1.82) is 0 Å². The molecule has 0 saturated heterocycles. The monoisotopic (exact) mass is 676 g/mol. The van der Waals surface area contributed by atoms with Crippen LogP contribution in [0.3, 0.4) is 0 Å². The van der Waals surface area contributed by atoms with Crippen LogP contribution in [0.2, 0.25) is 13.1 Å². The number of benzene rings is 6. The van der Waals surface area contributed by atoms with Crippen molar-refractivity contribution in [3.05, 3.63) is 179 Å². The summed E-state index contributed by atoms with van der Waals surface area (Å²) in [5, 5.41) is 2.83. The van der Waals surface area contributed by atoms with E-state index < -0.39 is 8.07 Å². The highest BCUT2D eigenvalue weighted by molar-refractivity contribution is 7.13. The van der Waals surface area contributed by atoms with Crippen molar-refractivity contribution in [2.24, 2.45) is 0 Å². The van der Waals surface area contributed by atoms with Gasteiger partial charge in [0.25, 0.3) is 0 Å². The lowest BCUT2D eigenvalue weighted by Gasteiger charge is -2.26. The first kappa shape index (κ1) is 31.0. The second kappa shape index (κ2) is 12.1. The molecule has 5 heteroatoms. The van der Waals surface area contributed by atoms with Crippen molar-refractivity contribution in [3.8, 4) is 22.9 Å². The predicted octanol–water partition coefficient (Wildman–Crippen LogP) is 12.2. The first-order valence-electron chi connectivity index (χ1n) is 17.4. The van der Waals surface area contributed by atoms with Gasteiger partial charge in [-0.15, -0.1) is 0 Å². The molecule has 51 heavy (non-hydrogen) atoms. The van der Waals surface area contributed by atoms with E-state index in [9.17, 15) is 0 Å². The molecular weight excluding hydrogens is 641 g/mol. The quantitative estimate of drug-likeness (QED) is 0.165. The number of aromatic nitrogens is 2. The second-order valence-electron chi connectivity index (χ2n) is 14.0. The Hall–Kier alpha value is -6.04. The normalized spacial score (nSPS) is 14.3. The Bertz CT molecular complexity index is 2460. The summed E-state index contributed by atoms with van der Waals surface area (Å²) < 4.78 is 12.4. The van der Waals surface area contributed by atoms with Gasteiger partial charge in [0.15, 0.2) is 11.2 Å². The highest BCUT2D eigenvalue weighted by Crippen LogP contribution is 2.55. The molecule has 2 aromatic heterocycles. The Balaban J connectivity index is 1.19. The summed E-state index contributed by atoms with van der Waals surface area (Å²) in [6, 6.07) is 51.7. The number of fused-ring (bicyclic) bond motifs is 2. The van der Waals surface area contributed by atoms with E-state index in [1.165, 1.54) is 54.9 Å². The van der Waals surface area contributed by atoms with Crippen LogP contribution >= 0.6 is 0 Å². The van der Waals surface area contributed by atoms with Crippen LogP contribution in [0.25, 0.3) is 66.6 Å². The highest BCUT2D eigenvalue weighted by Gasteiger charge is 2.43. The van der Waals surface area contributed by atoms with Crippen LogP contribution in [0.4, 0.5) is 0 Å². The van der Waals surface area contributed by atoms with Gasteiger partial charge in [0.2, 0.25) is 11.8 Å². The van der Waals surface area contributed by atoms with E-state index in [0.29, 0.717) is 11.8 Å². The van der Waals surface area contributed by atoms with E-state index in [0.717, 1.165) is 33.3 Å². The molecule has 0 aliphatic carbocycles. The van der Waals surface area contributed by atoms with Crippen LogP contribution in [0.1, 0.15) is 33.4 Å². The molecule has 3 heterocycles. The van der Waals surface area contributed by atoms with Crippen molar-refractivity contribution in [3.63, 3.8) is 0 Å². The van der Waals surface area contributed by atoms with Crippen LogP contribution < -0.4 is 0 Å². The van der Waals surface area contributed by atoms with E-state index in [4.69, 9.17) is 18.8 Å². The third-order valence-corrected chi connectivity index (χ3v) is 13.6. The first-order chi connectivity index (χ1) is 24.8. The largest absolute Gasteiger partial charge is 0.436 e. The Morgan fingerprint density at radius 1 is 0.412 bits per heavy atom. The molecule has 6 aromatic carbocycles. The Morgan fingerprint density at radius 2 is 0.784 bits per heavy atom. The minimum absolute atomic E-state index is 0.639. The van der Waals surface area contributed by atoms with Crippen LogP contribution in [-0.4, -0.2) is 18.0 Å². The van der Waals surface area contributed by atoms with Gasteiger partial charge < -0.3 is 8.83 Å². The zero-order valence-electron chi connectivity index (χ0n) is 29.1. The van der Waals surface area contributed by atoms with Crippen LogP contribution in [0.15, 0.2) is 154 Å². The van der Waals surface area contributed by atoms with Gasteiger partial charge >= 0.3 is 0 Å². The summed E-state index contributed by atoms with van der Waals surface area (Å²) in [5.41, 5.74) is 15.1. The fourth-order valence-electron chi connectivity index (χ4n) is 7.68.